The van der Waals surface area contributed by atoms with E-state index in [9.17, 15) is 9.59 Å². The van der Waals surface area contributed by atoms with E-state index in [1.165, 1.54) is 0 Å². The molecule has 2 aliphatic rings. The topological polar surface area (TPSA) is 87.9 Å². The Labute approximate surface area is 214 Å². The Morgan fingerprint density at radius 1 is 1.03 bits per heavy atom. The molecule has 1 aromatic heterocycles. The van der Waals surface area contributed by atoms with Crippen molar-refractivity contribution in [3.8, 4) is 11.3 Å². The van der Waals surface area contributed by atoms with Crippen LogP contribution in [0.3, 0.4) is 0 Å². The van der Waals surface area contributed by atoms with Gasteiger partial charge >= 0.3 is 6.09 Å². The van der Waals surface area contributed by atoms with Crippen LogP contribution in [0.1, 0.15) is 34.0 Å². The van der Waals surface area contributed by atoms with Crippen LogP contribution in [0, 0.1) is 13.8 Å². The van der Waals surface area contributed by atoms with Crippen LogP contribution >= 0.6 is 0 Å². The van der Waals surface area contributed by atoms with E-state index in [2.05, 4.69) is 33.6 Å². The molecule has 3 aromatic carbocycles. The monoisotopic (exact) mass is 496 g/mol. The molecule has 4 aromatic rings. The molecule has 6 rings (SSSR count). The zero-order valence-corrected chi connectivity index (χ0v) is 21.1. The van der Waals surface area contributed by atoms with E-state index in [-0.39, 0.29) is 11.9 Å². The quantitative estimate of drug-likeness (QED) is 0.343. The average Bonchev–Trinajstić information content (AvgIpc) is 3.35. The van der Waals surface area contributed by atoms with Crippen LogP contribution in [0.2, 0.25) is 0 Å². The Kier molecular flexibility index (Phi) is 5.59. The van der Waals surface area contributed by atoms with E-state index in [0.29, 0.717) is 60.9 Å². The summed E-state index contributed by atoms with van der Waals surface area (Å²) in [4.78, 5) is 30.0. The van der Waals surface area contributed by atoms with Gasteiger partial charge in [-0.25, -0.2) is 4.79 Å². The predicted octanol–water partition coefficient (Wildman–Crippen LogP) is 5.68. The standard InChI is InChI=1S/C29H28N4O4/c1-4-36-29(35)33-13-11-32(12-14-33)23-16-22(30-21-15-17(2)9-10-18(21)3)24-25-26(23)31-37-28(25)20-8-6-5-7-19(20)27(24)34/h5-10,15-16,30H,4,11-14H2,1-3H3. The molecule has 1 saturated heterocycles. The second kappa shape index (κ2) is 8.96. The Morgan fingerprint density at radius 3 is 2.54 bits per heavy atom. The van der Waals surface area contributed by atoms with Gasteiger partial charge in [-0.3, -0.25) is 4.79 Å². The van der Waals surface area contributed by atoms with Gasteiger partial charge in [-0.2, -0.15) is 0 Å². The second-order valence-corrected chi connectivity index (χ2v) is 9.54. The first-order valence-corrected chi connectivity index (χ1v) is 12.6. The largest absolute Gasteiger partial charge is 0.450 e. The van der Waals surface area contributed by atoms with Crippen LogP contribution in [0.25, 0.3) is 22.2 Å². The van der Waals surface area contributed by atoms with E-state index in [0.717, 1.165) is 33.5 Å². The lowest BCUT2D eigenvalue weighted by molar-refractivity contribution is 0.103. The first-order chi connectivity index (χ1) is 18.0. The summed E-state index contributed by atoms with van der Waals surface area (Å²) in [7, 11) is 0. The van der Waals surface area contributed by atoms with E-state index < -0.39 is 0 Å². The first kappa shape index (κ1) is 23.1. The average molecular weight is 497 g/mol. The predicted molar refractivity (Wildman–Crippen MR) is 143 cm³/mol. The number of ketones is 1. The molecule has 2 heterocycles. The fourth-order valence-corrected chi connectivity index (χ4v) is 5.24. The highest BCUT2D eigenvalue weighted by Gasteiger charge is 2.34. The van der Waals surface area contributed by atoms with Crippen molar-refractivity contribution in [1.29, 1.82) is 0 Å². The third-order valence-corrected chi connectivity index (χ3v) is 7.19. The van der Waals surface area contributed by atoms with Crippen molar-refractivity contribution in [3.63, 3.8) is 0 Å². The molecule has 1 fully saturated rings. The maximum atomic E-state index is 13.8. The SMILES string of the molecule is CCOC(=O)N1CCN(c2cc(Nc3cc(C)ccc3C)c3c4c(onc24)-c2ccccc2C3=O)CC1. The van der Waals surface area contributed by atoms with Crippen LogP contribution in [-0.4, -0.2) is 54.7 Å². The Hall–Kier alpha value is -4.33. The van der Waals surface area contributed by atoms with Crippen molar-refractivity contribution in [2.75, 3.05) is 43.0 Å². The van der Waals surface area contributed by atoms with Gasteiger partial charge < -0.3 is 24.4 Å². The lowest BCUT2D eigenvalue weighted by Gasteiger charge is -2.36. The number of benzene rings is 3. The fourth-order valence-electron chi connectivity index (χ4n) is 5.24. The number of carbonyl (C=O) groups excluding carboxylic acids is 2. The highest BCUT2D eigenvalue weighted by molar-refractivity contribution is 6.28. The molecular formula is C29H28N4O4. The number of anilines is 3. The van der Waals surface area contributed by atoms with E-state index in [4.69, 9.17) is 9.26 Å². The van der Waals surface area contributed by atoms with Crippen LogP contribution in [0.15, 0.2) is 53.1 Å². The van der Waals surface area contributed by atoms with E-state index >= 15 is 0 Å². The molecule has 0 saturated carbocycles. The number of hydrogen-bond donors (Lipinski definition) is 1. The van der Waals surface area contributed by atoms with Crippen molar-refractivity contribution in [3.05, 3.63) is 70.8 Å². The zero-order chi connectivity index (χ0) is 25.7. The number of fused-ring (bicyclic) bond motifs is 2. The Balaban J connectivity index is 1.49. The number of rotatable bonds is 4. The highest BCUT2D eigenvalue weighted by Crippen LogP contribution is 2.46. The van der Waals surface area contributed by atoms with Crippen LogP contribution in [-0.2, 0) is 4.74 Å². The van der Waals surface area contributed by atoms with Gasteiger partial charge in [-0.15, -0.1) is 0 Å². The van der Waals surface area contributed by atoms with Crippen molar-refractivity contribution in [1.82, 2.24) is 10.1 Å². The van der Waals surface area contributed by atoms with Crippen LogP contribution < -0.4 is 10.2 Å². The number of aryl methyl sites for hydroxylation is 2. The summed E-state index contributed by atoms with van der Waals surface area (Å²) < 4.78 is 11.1. The number of aromatic nitrogens is 1. The summed E-state index contributed by atoms with van der Waals surface area (Å²) >= 11 is 0. The van der Waals surface area contributed by atoms with Gasteiger partial charge in [0.1, 0.15) is 5.52 Å². The molecule has 1 aliphatic heterocycles. The van der Waals surface area contributed by atoms with Crippen molar-refractivity contribution in [2.45, 2.75) is 20.8 Å². The third-order valence-electron chi connectivity index (χ3n) is 7.19. The van der Waals surface area contributed by atoms with Crippen LogP contribution in [0.4, 0.5) is 21.9 Å². The molecule has 1 amide bonds. The van der Waals surface area contributed by atoms with E-state index in [1.807, 2.05) is 51.1 Å². The van der Waals surface area contributed by atoms with Crippen LogP contribution in [0.5, 0.6) is 0 Å². The van der Waals surface area contributed by atoms with Gasteiger partial charge in [-0.1, -0.05) is 41.6 Å². The molecule has 0 spiro atoms. The summed E-state index contributed by atoms with van der Waals surface area (Å²) in [6, 6.07) is 15.7. The second-order valence-electron chi connectivity index (χ2n) is 9.54. The number of amides is 1. The minimum Gasteiger partial charge on any atom is -0.450 e. The molecule has 0 atom stereocenters. The number of hydrogen-bond acceptors (Lipinski definition) is 7. The molecule has 8 heteroatoms. The number of ether oxygens (including phenoxy) is 1. The molecule has 8 nitrogen and oxygen atoms in total. The lowest BCUT2D eigenvalue weighted by atomic mass is 9.86. The number of nitrogens with one attached hydrogen (secondary N) is 1. The van der Waals surface area contributed by atoms with Crippen molar-refractivity contribution >= 4 is 39.8 Å². The molecule has 0 unspecified atom stereocenters. The molecule has 37 heavy (non-hydrogen) atoms. The molecule has 0 radical (unpaired) electrons. The normalized spacial score (nSPS) is 14.6. The van der Waals surface area contributed by atoms with Gasteiger partial charge in [-0.05, 0) is 44.0 Å². The van der Waals surface area contributed by atoms with Crippen molar-refractivity contribution < 1.29 is 18.8 Å². The smallest absolute Gasteiger partial charge is 0.409 e. The molecule has 1 aliphatic carbocycles. The minimum atomic E-state index is -0.291. The van der Waals surface area contributed by atoms with Gasteiger partial charge in [0.15, 0.2) is 11.5 Å². The highest BCUT2D eigenvalue weighted by atomic mass is 16.6. The van der Waals surface area contributed by atoms with Gasteiger partial charge in [0.05, 0.1) is 28.9 Å². The minimum absolute atomic E-state index is 0.0530. The molecule has 0 bridgehead atoms. The number of nitrogens with zero attached hydrogens (tertiary/aromatic N) is 3. The van der Waals surface area contributed by atoms with E-state index in [1.54, 1.807) is 4.90 Å². The molecule has 188 valence electrons. The van der Waals surface area contributed by atoms with Gasteiger partial charge in [0, 0.05) is 43.0 Å². The summed E-state index contributed by atoms with van der Waals surface area (Å²) in [5.41, 5.74) is 7.32. The maximum absolute atomic E-state index is 13.8. The number of carbonyl (C=O) groups is 2. The molecular weight excluding hydrogens is 468 g/mol. The summed E-state index contributed by atoms with van der Waals surface area (Å²) in [5.74, 6) is 0.555. The maximum Gasteiger partial charge on any atom is 0.409 e. The zero-order valence-electron chi connectivity index (χ0n) is 21.1. The van der Waals surface area contributed by atoms with Gasteiger partial charge in [0.2, 0.25) is 0 Å². The Morgan fingerprint density at radius 2 is 1.78 bits per heavy atom. The number of piperazine rings is 1. The third kappa shape index (κ3) is 3.80. The summed E-state index contributed by atoms with van der Waals surface area (Å²) in [6.07, 6.45) is -0.291. The summed E-state index contributed by atoms with van der Waals surface area (Å²) in [6.45, 7) is 8.55. The Bertz CT molecular complexity index is 1550. The fraction of sp³-hybridized carbons (Fsp3) is 0.276. The van der Waals surface area contributed by atoms with Gasteiger partial charge in [0.25, 0.3) is 0 Å². The lowest BCUT2D eigenvalue weighted by Crippen LogP contribution is -2.49. The first-order valence-electron chi connectivity index (χ1n) is 12.6. The summed E-state index contributed by atoms with van der Waals surface area (Å²) in [5, 5.41) is 8.74. The molecule has 1 N–H and O–H groups in total. The van der Waals surface area contributed by atoms with Crippen molar-refractivity contribution in [2.24, 2.45) is 0 Å².